The third kappa shape index (κ3) is 2.49. The Morgan fingerprint density at radius 3 is 2.53 bits per heavy atom. The topological polar surface area (TPSA) is 64.3 Å². The number of hydrogen-bond acceptors (Lipinski definition) is 3. The van der Waals surface area contributed by atoms with Gasteiger partial charge in [-0.05, 0) is 19.9 Å². The molecule has 1 atom stereocenters. The second kappa shape index (κ2) is 4.87. The van der Waals surface area contributed by atoms with Crippen LogP contribution in [0.4, 0.5) is 0 Å². The Bertz CT molecular complexity index is 396. The molecule has 0 spiro atoms. The molecule has 0 fully saturated rings. The van der Waals surface area contributed by atoms with E-state index >= 15 is 0 Å². The van der Waals surface area contributed by atoms with Crippen molar-refractivity contribution in [3.63, 3.8) is 0 Å². The first kappa shape index (κ1) is 13.7. The standard InChI is InChI=1S/C12H20N2O3/c1-8(2)14-9(6-7-13-14)12(3,4)10(17-5)11(15)16/h6-8,10H,1-5H3,(H,15,16). The number of nitrogens with zero attached hydrogens (tertiary/aromatic N) is 2. The predicted octanol–water partition coefficient (Wildman–Crippen LogP) is 1.84. The number of carboxylic acid groups (broad SMARTS) is 1. The van der Waals surface area contributed by atoms with Crippen LogP contribution in [0.5, 0.6) is 0 Å². The van der Waals surface area contributed by atoms with E-state index in [4.69, 9.17) is 4.74 Å². The smallest absolute Gasteiger partial charge is 0.333 e. The summed E-state index contributed by atoms with van der Waals surface area (Å²) in [6.45, 7) is 7.72. The number of ether oxygens (including phenoxy) is 1. The Morgan fingerprint density at radius 2 is 2.12 bits per heavy atom. The molecule has 0 saturated heterocycles. The second-order valence-electron chi connectivity index (χ2n) is 4.93. The molecule has 0 aliphatic heterocycles. The molecule has 5 nitrogen and oxygen atoms in total. The summed E-state index contributed by atoms with van der Waals surface area (Å²) in [5, 5.41) is 13.4. The van der Waals surface area contributed by atoms with Crippen LogP contribution in [0.1, 0.15) is 39.4 Å². The molecule has 0 amide bonds. The van der Waals surface area contributed by atoms with Crippen LogP contribution in [-0.2, 0) is 14.9 Å². The lowest BCUT2D eigenvalue weighted by Crippen LogP contribution is -2.43. The van der Waals surface area contributed by atoms with Gasteiger partial charge in [0.25, 0.3) is 0 Å². The minimum Gasteiger partial charge on any atom is -0.479 e. The van der Waals surface area contributed by atoms with Crippen molar-refractivity contribution in [3.05, 3.63) is 18.0 Å². The lowest BCUT2D eigenvalue weighted by Gasteiger charge is -2.31. The summed E-state index contributed by atoms with van der Waals surface area (Å²) < 4.78 is 6.92. The first-order valence-electron chi connectivity index (χ1n) is 5.62. The Hall–Kier alpha value is -1.36. The van der Waals surface area contributed by atoms with E-state index in [9.17, 15) is 9.90 Å². The van der Waals surface area contributed by atoms with E-state index < -0.39 is 17.5 Å². The number of carboxylic acids is 1. The van der Waals surface area contributed by atoms with E-state index in [0.29, 0.717) is 0 Å². The minimum absolute atomic E-state index is 0.186. The molecule has 0 aliphatic rings. The molecule has 0 aliphatic carbocycles. The normalized spacial score (nSPS) is 14.0. The maximum atomic E-state index is 11.2. The van der Waals surface area contributed by atoms with Gasteiger partial charge in [-0.3, -0.25) is 4.68 Å². The molecule has 1 rings (SSSR count). The molecule has 1 aromatic rings. The third-order valence-electron chi connectivity index (χ3n) is 2.94. The fourth-order valence-electron chi connectivity index (χ4n) is 2.07. The zero-order chi connectivity index (χ0) is 13.2. The molecule has 0 aromatic carbocycles. The Kier molecular flexibility index (Phi) is 3.93. The van der Waals surface area contributed by atoms with Crippen molar-refractivity contribution in [2.45, 2.75) is 45.3 Å². The fraction of sp³-hybridized carbons (Fsp3) is 0.667. The lowest BCUT2D eigenvalue weighted by molar-refractivity contribution is -0.152. The zero-order valence-corrected chi connectivity index (χ0v) is 11.0. The molecule has 17 heavy (non-hydrogen) atoms. The van der Waals surface area contributed by atoms with Crippen molar-refractivity contribution < 1.29 is 14.6 Å². The van der Waals surface area contributed by atoms with Crippen LogP contribution in [0.25, 0.3) is 0 Å². The van der Waals surface area contributed by atoms with Gasteiger partial charge in [0.2, 0.25) is 0 Å². The number of rotatable bonds is 5. The van der Waals surface area contributed by atoms with E-state index in [2.05, 4.69) is 5.10 Å². The molecule has 0 bridgehead atoms. The second-order valence-corrected chi connectivity index (χ2v) is 4.93. The number of aromatic nitrogens is 2. The molecule has 1 heterocycles. The Balaban J connectivity index is 3.19. The van der Waals surface area contributed by atoms with Crippen molar-refractivity contribution >= 4 is 5.97 Å². The number of carbonyl (C=O) groups is 1. The van der Waals surface area contributed by atoms with Crippen LogP contribution in [0, 0.1) is 0 Å². The molecular formula is C12H20N2O3. The number of aliphatic carboxylic acids is 1. The van der Waals surface area contributed by atoms with Crippen LogP contribution in [0.2, 0.25) is 0 Å². The molecule has 1 unspecified atom stereocenters. The summed E-state index contributed by atoms with van der Waals surface area (Å²) in [4.78, 5) is 11.2. The molecule has 1 N–H and O–H groups in total. The average Bonchev–Trinajstić information content (AvgIpc) is 2.65. The summed E-state index contributed by atoms with van der Waals surface area (Å²) in [6.07, 6.45) is 0.794. The van der Waals surface area contributed by atoms with Gasteiger partial charge in [-0.15, -0.1) is 0 Å². The van der Waals surface area contributed by atoms with Crippen LogP contribution >= 0.6 is 0 Å². The molecule has 0 saturated carbocycles. The summed E-state index contributed by atoms with van der Waals surface area (Å²) in [6, 6.07) is 2.03. The summed E-state index contributed by atoms with van der Waals surface area (Å²) in [5.74, 6) is -0.964. The lowest BCUT2D eigenvalue weighted by atomic mass is 9.82. The van der Waals surface area contributed by atoms with Gasteiger partial charge in [0.15, 0.2) is 6.10 Å². The highest BCUT2D eigenvalue weighted by molar-refractivity contribution is 5.74. The van der Waals surface area contributed by atoms with Crippen LogP contribution in [0.15, 0.2) is 12.3 Å². The van der Waals surface area contributed by atoms with Gasteiger partial charge in [-0.2, -0.15) is 5.10 Å². The van der Waals surface area contributed by atoms with Crippen molar-refractivity contribution in [1.82, 2.24) is 9.78 Å². The van der Waals surface area contributed by atoms with Crippen LogP contribution < -0.4 is 0 Å². The van der Waals surface area contributed by atoms with Gasteiger partial charge in [0, 0.05) is 30.5 Å². The van der Waals surface area contributed by atoms with Crippen LogP contribution in [0.3, 0.4) is 0 Å². The maximum Gasteiger partial charge on any atom is 0.333 e. The minimum atomic E-state index is -0.964. The number of methoxy groups -OCH3 is 1. The van der Waals surface area contributed by atoms with Gasteiger partial charge in [0.1, 0.15) is 0 Å². The predicted molar refractivity (Wildman–Crippen MR) is 64.1 cm³/mol. The first-order chi connectivity index (χ1) is 7.82. The van der Waals surface area contributed by atoms with Gasteiger partial charge in [-0.1, -0.05) is 13.8 Å². The van der Waals surface area contributed by atoms with Crippen molar-refractivity contribution in [2.75, 3.05) is 7.11 Å². The van der Waals surface area contributed by atoms with E-state index in [-0.39, 0.29) is 6.04 Å². The first-order valence-corrected chi connectivity index (χ1v) is 5.62. The zero-order valence-electron chi connectivity index (χ0n) is 11.0. The molecular weight excluding hydrogens is 220 g/mol. The molecule has 5 heteroatoms. The van der Waals surface area contributed by atoms with E-state index in [1.807, 2.05) is 38.4 Å². The summed E-state index contributed by atoms with van der Waals surface area (Å²) >= 11 is 0. The largest absolute Gasteiger partial charge is 0.479 e. The van der Waals surface area contributed by atoms with Gasteiger partial charge in [0.05, 0.1) is 0 Å². The Morgan fingerprint density at radius 1 is 1.53 bits per heavy atom. The Labute approximate surface area is 101 Å². The number of hydrogen-bond donors (Lipinski definition) is 1. The van der Waals surface area contributed by atoms with Crippen molar-refractivity contribution in [2.24, 2.45) is 0 Å². The fourth-order valence-corrected chi connectivity index (χ4v) is 2.07. The molecule has 0 radical (unpaired) electrons. The monoisotopic (exact) mass is 240 g/mol. The SMILES string of the molecule is COC(C(=O)O)C(C)(C)c1ccnn1C(C)C. The molecule has 1 aromatic heterocycles. The quantitative estimate of drug-likeness (QED) is 0.853. The highest BCUT2D eigenvalue weighted by Crippen LogP contribution is 2.30. The van der Waals surface area contributed by atoms with E-state index in [0.717, 1.165) is 5.69 Å². The highest BCUT2D eigenvalue weighted by atomic mass is 16.5. The highest BCUT2D eigenvalue weighted by Gasteiger charge is 2.39. The van der Waals surface area contributed by atoms with E-state index in [1.165, 1.54) is 7.11 Å². The van der Waals surface area contributed by atoms with Crippen LogP contribution in [-0.4, -0.2) is 34.1 Å². The third-order valence-corrected chi connectivity index (χ3v) is 2.94. The molecule has 96 valence electrons. The van der Waals surface area contributed by atoms with Crippen molar-refractivity contribution in [1.29, 1.82) is 0 Å². The summed E-state index contributed by atoms with van der Waals surface area (Å²) in [5.41, 5.74) is 0.225. The average molecular weight is 240 g/mol. The van der Waals surface area contributed by atoms with Crippen molar-refractivity contribution in [3.8, 4) is 0 Å². The van der Waals surface area contributed by atoms with Gasteiger partial charge in [-0.25, -0.2) is 4.79 Å². The van der Waals surface area contributed by atoms with E-state index in [1.54, 1.807) is 6.20 Å². The maximum absolute atomic E-state index is 11.2. The summed E-state index contributed by atoms with van der Waals surface area (Å²) in [7, 11) is 1.41. The van der Waals surface area contributed by atoms with Gasteiger partial charge < -0.3 is 9.84 Å². The van der Waals surface area contributed by atoms with Gasteiger partial charge >= 0.3 is 5.97 Å².